The first-order chi connectivity index (χ1) is 21.3. The average molecular weight is 604 g/mol. The van der Waals surface area contributed by atoms with E-state index in [2.05, 4.69) is 25.7 Å². The van der Waals surface area contributed by atoms with Gasteiger partial charge in [0.25, 0.3) is 0 Å². The van der Waals surface area contributed by atoms with Crippen LogP contribution in [0.3, 0.4) is 0 Å². The van der Waals surface area contributed by atoms with Gasteiger partial charge in [-0.3, -0.25) is 9.88 Å². The third kappa shape index (κ3) is 4.86. The zero-order valence-corrected chi connectivity index (χ0v) is 24.3. The number of halogens is 3. The Kier molecular flexibility index (Phi) is 7.22. The number of alkyl halides is 1. The fourth-order valence-corrected chi connectivity index (χ4v) is 6.93. The second kappa shape index (κ2) is 11.1. The quantitative estimate of drug-likeness (QED) is 0.256. The molecule has 11 heteroatoms. The molecule has 0 radical (unpaired) electrons. The first-order valence-electron chi connectivity index (χ1n) is 14.9. The van der Waals surface area contributed by atoms with Gasteiger partial charge in [0.1, 0.15) is 41.4 Å². The van der Waals surface area contributed by atoms with Gasteiger partial charge in [-0.1, -0.05) is 12.0 Å². The van der Waals surface area contributed by atoms with Crippen LogP contribution in [0.25, 0.3) is 32.9 Å². The molecule has 44 heavy (non-hydrogen) atoms. The van der Waals surface area contributed by atoms with Gasteiger partial charge in [-0.25, -0.2) is 13.2 Å². The van der Waals surface area contributed by atoms with Crippen LogP contribution in [-0.2, 0) is 4.74 Å². The van der Waals surface area contributed by atoms with Gasteiger partial charge in [0.05, 0.1) is 23.1 Å². The predicted octanol–water partition coefficient (Wildman–Crippen LogP) is 5.38. The Morgan fingerprint density at radius 2 is 2.07 bits per heavy atom. The van der Waals surface area contributed by atoms with Crippen LogP contribution in [0.2, 0.25) is 0 Å². The molecule has 2 atom stereocenters. The highest BCUT2D eigenvalue weighted by atomic mass is 19.1. The first kappa shape index (κ1) is 28.6. The summed E-state index contributed by atoms with van der Waals surface area (Å²) in [5.74, 6) is 1.24. The van der Waals surface area contributed by atoms with Crippen molar-refractivity contribution in [3.05, 3.63) is 47.7 Å². The number of aromatic hydroxyl groups is 1. The number of phenols is 1. The molecule has 228 valence electrons. The Bertz CT molecular complexity index is 1810. The third-order valence-electron chi connectivity index (χ3n) is 9.12. The molecule has 3 fully saturated rings. The summed E-state index contributed by atoms with van der Waals surface area (Å²) in [5, 5.41) is 11.6. The summed E-state index contributed by atoms with van der Waals surface area (Å²) < 4.78 is 57.5. The molecule has 1 N–H and O–H groups in total. The first-order valence-corrected chi connectivity index (χ1v) is 14.9. The minimum Gasteiger partial charge on any atom is -0.508 e. The van der Waals surface area contributed by atoms with Crippen molar-refractivity contribution in [3.8, 4) is 35.4 Å². The summed E-state index contributed by atoms with van der Waals surface area (Å²) in [6, 6.07) is 5.61. The number of methoxy groups -OCH3 is 1. The number of anilines is 1. The Labute approximate surface area is 252 Å². The van der Waals surface area contributed by atoms with Crippen LogP contribution in [0, 0.1) is 24.0 Å². The molecule has 0 unspecified atom stereocenters. The number of hydrogen-bond donors (Lipinski definition) is 1. The molecule has 4 aromatic rings. The standard InChI is InChI=1S/C33H32F3N5O3/c1-3-23-26(35)8-5-19-13-22(42)14-24(27(19)23)29-28(36)30-25(16-37-29)31(41(11-12-43-2)21-6-7-21)39-32(38-30)44-18-33-9-4-10-40(33)17-20(34)15-33/h1,5,8,13-14,16,20-21,42H,4,6-7,9-12,15,17-18H2,2H3/t20-,33+/m1/s1. The second-order valence-electron chi connectivity index (χ2n) is 12.0. The molecule has 2 aromatic heterocycles. The molecule has 1 aliphatic carbocycles. The number of rotatable bonds is 9. The lowest BCUT2D eigenvalue weighted by Gasteiger charge is -2.31. The fourth-order valence-electron chi connectivity index (χ4n) is 6.93. The van der Waals surface area contributed by atoms with E-state index >= 15 is 4.39 Å². The number of phenolic OH excluding ortho intramolecular Hbond substituents is 1. The van der Waals surface area contributed by atoms with E-state index in [1.165, 1.54) is 30.5 Å². The number of ether oxygens (including phenoxy) is 2. The third-order valence-corrected chi connectivity index (χ3v) is 9.12. The van der Waals surface area contributed by atoms with Crippen molar-refractivity contribution in [1.82, 2.24) is 19.9 Å². The highest BCUT2D eigenvalue weighted by molar-refractivity contribution is 6.03. The van der Waals surface area contributed by atoms with Crippen LogP contribution in [0.4, 0.5) is 19.0 Å². The van der Waals surface area contributed by atoms with Crippen LogP contribution < -0.4 is 9.64 Å². The molecular formula is C33H32F3N5O3. The Morgan fingerprint density at radius 1 is 1.23 bits per heavy atom. The second-order valence-corrected chi connectivity index (χ2v) is 12.0. The number of aromatic nitrogens is 3. The molecule has 3 aliphatic rings. The predicted molar refractivity (Wildman–Crippen MR) is 161 cm³/mol. The number of nitrogens with zero attached hydrogens (tertiary/aromatic N) is 5. The molecule has 0 amide bonds. The minimum atomic E-state index is -0.924. The zero-order chi connectivity index (χ0) is 30.6. The van der Waals surface area contributed by atoms with Gasteiger partial charge in [0, 0.05) is 49.8 Å². The summed E-state index contributed by atoms with van der Waals surface area (Å²) >= 11 is 0. The summed E-state index contributed by atoms with van der Waals surface area (Å²) in [6.45, 7) is 2.31. The number of terminal acetylenes is 1. The van der Waals surface area contributed by atoms with E-state index in [0.717, 1.165) is 32.2 Å². The molecule has 0 spiro atoms. The van der Waals surface area contributed by atoms with E-state index < -0.39 is 23.3 Å². The topological polar surface area (TPSA) is 83.8 Å². The molecule has 4 heterocycles. The molecule has 2 aliphatic heterocycles. The van der Waals surface area contributed by atoms with Crippen molar-refractivity contribution in [2.75, 3.05) is 44.9 Å². The van der Waals surface area contributed by atoms with Crippen LogP contribution >= 0.6 is 0 Å². The highest BCUT2D eigenvalue weighted by Gasteiger charge is 2.49. The Morgan fingerprint density at radius 3 is 2.84 bits per heavy atom. The van der Waals surface area contributed by atoms with Gasteiger partial charge < -0.3 is 19.5 Å². The van der Waals surface area contributed by atoms with Crippen LogP contribution in [0.15, 0.2) is 30.5 Å². The summed E-state index contributed by atoms with van der Waals surface area (Å²) in [6.07, 6.45) is 10.3. The largest absolute Gasteiger partial charge is 0.508 e. The average Bonchev–Trinajstić information content (AvgIpc) is 3.70. The van der Waals surface area contributed by atoms with E-state index in [1.807, 2.05) is 0 Å². The van der Waals surface area contributed by atoms with E-state index in [4.69, 9.17) is 20.9 Å². The molecule has 2 saturated heterocycles. The summed E-state index contributed by atoms with van der Waals surface area (Å²) in [7, 11) is 1.62. The molecule has 8 nitrogen and oxygen atoms in total. The maximum Gasteiger partial charge on any atom is 0.319 e. The lowest BCUT2D eigenvalue weighted by atomic mass is 9.95. The van der Waals surface area contributed by atoms with Gasteiger partial charge in [0.15, 0.2) is 5.82 Å². The minimum absolute atomic E-state index is 0.0220. The van der Waals surface area contributed by atoms with Gasteiger partial charge in [-0.05, 0) is 55.8 Å². The smallest absolute Gasteiger partial charge is 0.319 e. The highest BCUT2D eigenvalue weighted by Crippen LogP contribution is 2.42. The van der Waals surface area contributed by atoms with Crippen molar-refractivity contribution in [1.29, 1.82) is 0 Å². The van der Waals surface area contributed by atoms with E-state index in [1.54, 1.807) is 7.11 Å². The van der Waals surface area contributed by atoms with Crippen molar-refractivity contribution >= 4 is 27.5 Å². The molecule has 7 rings (SSSR count). The number of fused-ring (bicyclic) bond motifs is 3. The lowest BCUT2D eigenvalue weighted by molar-refractivity contribution is 0.107. The van der Waals surface area contributed by atoms with Gasteiger partial charge >= 0.3 is 6.01 Å². The van der Waals surface area contributed by atoms with Crippen molar-refractivity contribution < 1.29 is 27.8 Å². The molecule has 0 bridgehead atoms. The van der Waals surface area contributed by atoms with E-state index in [0.29, 0.717) is 42.7 Å². The van der Waals surface area contributed by atoms with Crippen molar-refractivity contribution in [2.45, 2.75) is 49.9 Å². The number of benzene rings is 2. The molecule has 2 aromatic carbocycles. The molecule has 1 saturated carbocycles. The maximum atomic E-state index is 16.7. The maximum absolute atomic E-state index is 16.7. The van der Waals surface area contributed by atoms with Gasteiger partial charge in [-0.15, -0.1) is 6.42 Å². The zero-order valence-electron chi connectivity index (χ0n) is 24.3. The van der Waals surface area contributed by atoms with Gasteiger partial charge in [0.2, 0.25) is 0 Å². The normalized spacial score (nSPS) is 21.6. The van der Waals surface area contributed by atoms with Crippen molar-refractivity contribution in [3.63, 3.8) is 0 Å². The van der Waals surface area contributed by atoms with Crippen LogP contribution in [0.5, 0.6) is 11.8 Å². The molecular weight excluding hydrogens is 571 g/mol. The summed E-state index contributed by atoms with van der Waals surface area (Å²) in [5.41, 5.74) is -0.559. The van der Waals surface area contributed by atoms with E-state index in [-0.39, 0.29) is 52.1 Å². The Hall–Kier alpha value is -4.14. The summed E-state index contributed by atoms with van der Waals surface area (Å²) in [4.78, 5) is 17.9. The number of hydrogen-bond acceptors (Lipinski definition) is 8. The lowest BCUT2D eigenvalue weighted by Crippen LogP contribution is -2.43. The van der Waals surface area contributed by atoms with Crippen LogP contribution in [-0.4, -0.2) is 82.7 Å². The Balaban J connectivity index is 1.39. The SMILES string of the molecule is C#Cc1c(F)ccc2cc(O)cc(-c3ncc4c(N(CCOC)C5CC5)nc(OC[C@@]56CCCN5C[C@H](F)C6)nc4c3F)c12. The van der Waals surface area contributed by atoms with Crippen LogP contribution in [0.1, 0.15) is 37.7 Å². The van der Waals surface area contributed by atoms with Crippen molar-refractivity contribution in [2.24, 2.45) is 0 Å². The number of pyridine rings is 1. The van der Waals surface area contributed by atoms with Gasteiger partial charge in [-0.2, -0.15) is 9.97 Å². The van der Waals surface area contributed by atoms with E-state index in [9.17, 15) is 13.9 Å². The monoisotopic (exact) mass is 603 g/mol. The fraction of sp³-hybridized carbons (Fsp3) is 0.424.